The number of amides is 2. The summed E-state index contributed by atoms with van der Waals surface area (Å²) in [6.07, 6.45) is 4.40. The molecule has 2 heterocycles. The molecule has 130 valence electrons. The normalized spacial score (nSPS) is 18.1. The molecule has 2 aromatic rings. The van der Waals surface area contributed by atoms with Crippen molar-refractivity contribution in [2.24, 2.45) is 0 Å². The van der Waals surface area contributed by atoms with Gasteiger partial charge in [0.25, 0.3) is 11.8 Å². The second-order valence-electron chi connectivity index (χ2n) is 6.14. The van der Waals surface area contributed by atoms with Crippen LogP contribution in [0, 0.1) is 0 Å². The molecule has 0 radical (unpaired) electrons. The van der Waals surface area contributed by atoms with Crippen molar-refractivity contribution in [1.29, 1.82) is 0 Å². The first kappa shape index (κ1) is 17.4. The second kappa shape index (κ2) is 6.80. The lowest BCUT2D eigenvalue weighted by atomic mass is 10.1. The molecule has 0 aliphatic carbocycles. The van der Waals surface area contributed by atoms with Gasteiger partial charge < -0.3 is 4.57 Å². The molecule has 6 heteroatoms. The number of para-hydroxylation sites is 1. The van der Waals surface area contributed by atoms with Gasteiger partial charge in [-0.3, -0.25) is 19.8 Å². The monoisotopic (exact) mass is 355 g/mol. The zero-order valence-corrected chi connectivity index (χ0v) is 15.4. The van der Waals surface area contributed by atoms with Gasteiger partial charge in [-0.25, -0.2) is 0 Å². The van der Waals surface area contributed by atoms with Crippen LogP contribution in [-0.2, 0) is 16.1 Å². The topological polar surface area (TPSA) is 54.3 Å². The summed E-state index contributed by atoms with van der Waals surface area (Å²) in [4.78, 5) is 26.7. The fourth-order valence-electron chi connectivity index (χ4n) is 3.06. The molecule has 1 aliphatic rings. The SMILES string of the molecule is CCC(C)N1C(=O)/C(=C/c2cn(CC)c3ccccc23)C(=O)NC1=S. The second-order valence-corrected chi connectivity index (χ2v) is 6.52. The number of rotatable bonds is 4. The lowest BCUT2D eigenvalue weighted by molar-refractivity contribution is -0.130. The summed E-state index contributed by atoms with van der Waals surface area (Å²) in [5, 5.41) is 3.83. The minimum Gasteiger partial charge on any atom is -0.347 e. The quantitative estimate of drug-likeness (QED) is 0.521. The van der Waals surface area contributed by atoms with Crippen LogP contribution in [0.1, 0.15) is 32.8 Å². The zero-order chi connectivity index (χ0) is 18.1. The molecule has 3 rings (SSSR count). The molecule has 0 bridgehead atoms. The van der Waals surface area contributed by atoms with E-state index in [0.717, 1.165) is 29.4 Å². The van der Waals surface area contributed by atoms with Gasteiger partial charge in [0.2, 0.25) is 0 Å². The molecule has 1 aliphatic heterocycles. The summed E-state index contributed by atoms with van der Waals surface area (Å²) < 4.78 is 2.10. The van der Waals surface area contributed by atoms with E-state index in [1.165, 1.54) is 4.90 Å². The highest BCUT2D eigenvalue weighted by Gasteiger charge is 2.35. The molecule has 5 nitrogen and oxygen atoms in total. The maximum absolute atomic E-state index is 12.9. The molecular formula is C19H21N3O2S. The minimum atomic E-state index is -0.442. The van der Waals surface area contributed by atoms with Crippen molar-refractivity contribution in [1.82, 2.24) is 14.8 Å². The Kier molecular flexibility index (Phi) is 4.72. The Morgan fingerprint density at radius 2 is 1.96 bits per heavy atom. The molecule has 2 amide bonds. The maximum Gasteiger partial charge on any atom is 0.265 e. The maximum atomic E-state index is 12.9. The Morgan fingerprint density at radius 1 is 1.24 bits per heavy atom. The summed E-state index contributed by atoms with van der Waals surface area (Å²) >= 11 is 5.18. The number of aryl methyl sites for hydroxylation is 1. The lowest BCUT2D eigenvalue weighted by Crippen LogP contribution is -2.56. The molecule has 0 saturated carbocycles. The third-order valence-electron chi connectivity index (χ3n) is 4.62. The van der Waals surface area contributed by atoms with Crippen LogP contribution in [0.2, 0.25) is 0 Å². The van der Waals surface area contributed by atoms with Gasteiger partial charge >= 0.3 is 0 Å². The van der Waals surface area contributed by atoms with Gasteiger partial charge in [0.05, 0.1) is 0 Å². The van der Waals surface area contributed by atoms with E-state index in [9.17, 15) is 9.59 Å². The fraction of sp³-hybridized carbons (Fsp3) is 0.316. The van der Waals surface area contributed by atoms with Crippen LogP contribution < -0.4 is 5.32 Å². The first-order valence-corrected chi connectivity index (χ1v) is 8.87. The van der Waals surface area contributed by atoms with E-state index >= 15 is 0 Å². The number of nitrogens with one attached hydrogen (secondary N) is 1. The average molecular weight is 355 g/mol. The van der Waals surface area contributed by atoms with E-state index in [1.807, 2.05) is 44.3 Å². The van der Waals surface area contributed by atoms with Crippen LogP contribution in [0.5, 0.6) is 0 Å². The molecular weight excluding hydrogens is 334 g/mol. The van der Waals surface area contributed by atoms with Gasteiger partial charge in [0.15, 0.2) is 5.11 Å². The van der Waals surface area contributed by atoms with E-state index in [1.54, 1.807) is 6.08 Å². The van der Waals surface area contributed by atoms with E-state index in [-0.39, 0.29) is 22.6 Å². The molecule has 1 saturated heterocycles. The highest BCUT2D eigenvalue weighted by atomic mass is 32.1. The van der Waals surface area contributed by atoms with Crippen LogP contribution in [0.3, 0.4) is 0 Å². The minimum absolute atomic E-state index is 0.0685. The van der Waals surface area contributed by atoms with Crippen LogP contribution in [0.15, 0.2) is 36.0 Å². The highest BCUT2D eigenvalue weighted by Crippen LogP contribution is 2.25. The Balaban J connectivity index is 2.10. The van der Waals surface area contributed by atoms with E-state index < -0.39 is 5.91 Å². The molecule has 1 atom stereocenters. The Morgan fingerprint density at radius 3 is 2.64 bits per heavy atom. The number of carbonyl (C=O) groups is 2. The van der Waals surface area contributed by atoms with Gasteiger partial charge in [-0.1, -0.05) is 25.1 Å². The summed E-state index contributed by atoms with van der Waals surface area (Å²) in [6.45, 7) is 6.77. The van der Waals surface area contributed by atoms with Crippen molar-refractivity contribution < 1.29 is 9.59 Å². The first-order valence-electron chi connectivity index (χ1n) is 8.46. The predicted octanol–water partition coefficient (Wildman–Crippen LogP) is 3.09. The lowest BCUT2D eigenvalue weighted by Gasteiger charge is -2.33. The van der Waals surface area contributed by atoms with E-state index in [0.29, 0.717) is 0 Å². The van der Waals surface area contributed by atoms with Crippen LogP contribution in [0.25, 0.3) is 17.0 Å². The molecule has 25 heavy (non-hydrogen) atoms. The Bertz CT molecular complexity index is 897. The molecule has 1 aromatic heterocycles. The van der Waals surface area contributed by atoms with Crippen molar-refractivity contribution >= 4 is 46.1 Å². The van der Waals surface area contributed by atoms with Crippen molar-refractivity contribution in [3.05, 3.63) is 41.6 Å². The average Bonchev–Trinajstić information content (AvgIpc) is 2.96. The summed E-state index contributed by atoms with van der Waals surface area (Å²) in [5.74, 6) is -0.778. The number of aromatic nitrogens is 1. The zero-order valence-electron chi connectivity index (χ0n) is 14.6. The third-order valence-corrected chi connectivity index (χ3v) is 4.92. The standard InChI is InChI=1S/C19H21N3O2S/c1-4-12(3)22-18(24)15(17(23)20-19(22)25)10-13-11-21(5-2)16-9-7-6-8-14(13)16/h6-12H,4-5H2,1-3H3,(H,20,23,25)/b15-10+. The summed E-state index contributed by atoms with van der Waals surface area (Å²) in [6, 6.07) is 7.89. The third kappa shape index (κ3) is 2.98. The molecule has 1 unspecified atom stereocenters. The van der Waals surface area contributed by atoms with Gasteiger partial charge in [0, 0.05) is 35.2 Å². The van der Waals surface area contributed by atoms with Gasteiger partial charge in [-0.05, 0) is 44.6 Å². The van der Waals surface area contributed by atoms with E-state index in [4.69, 9.17) is 12.2 Å². The number of hydrogen-bond acceptors (Lipinski definition) is 3. The molecule has 1 N–H and O–H groups in total. The Labute approximate surface area is 152 Å². The summed E-state index contributed by atoms with van der Waals surface area (Å²) in [5.41, 5.74) is 2.05. The number of hydrogen-bond donors (Lipinski definition) is 1. The van der Waals surface area contributed by atoms with Crippen molar-refractivity contribution in [2.45, 2.75) is 39.8 Å². The number of carbonyl (C=O) groups excluding carboxylic acids is 2. The number of fused-ring (bicyclic) bond motifs is 1. The van der Waals surface area contributed by atoms with Crippen molar-refractivity contribution in [3.63, 3.8) is 0 Å². The van der Waals surface area contributed by atoms with Crippen LogP contribution in [0.4, 0.5) is 0 Å². The molecule has 1 aromatic carbocycles. The van der Waals surface area contributed by atoms with Crippen LogP contribution >= 0.6 is 12.2 Å². The fourth-order valence-corrected chi connectivity index (χ4v) is 3.42. The predicted molar refractivity (Wildman–Crippen MR) is 103 cm³/mol. The number of thiocarbonyl (C=S) groups is 1. The van der Waals surface area contributed by atoms with Crippen molar-refractivity contribution in [2.75, 3.05) is 0 Å². The summed E-state index contributed by atoms with van der Waals surface area (Å²) in [7, 11) is 0. The van der Waals surface area contributed by atoms with Crippen molar-refractivity contribution in [3.8, 4) is 0 Å². The first-order chi connectivity index (χ1) is 12.0. The number of benzene rings is 1. The molecule has 1 fully saturated rings. The molecule has 0 spiro atoms. The van der Waals surface area contributed by atoms with Gasteiger partial charge in [-0.2, -0.15) is 0 Å². The number of nitrogens with zero attached hydrogens (tertiary/aromatic N) is 2. The smallest absolute Gasteiger partial charge is 0.265 e. The Hall–Kier alpha value is -2.47. The van der Waals surface area contributed by atoms with Gasteiger partial charge in [-0.15, -0.1) is 0 Å². The largest absolute Gasteiger partial charge is 0.347 e. The van der Waals surface area contributed by atoms with Gasteiger partial charge in [0.1, 0.15) is 5.57 Å². The van der Waals surface area contributed by atoms with Crippen LogP contribution in [-0.4, -0.2) is 32.4 Å². The van der Waals surface area contributed by atoms with E-state index in [2.05, 4.69) is 16.8 Å². The highest BCUT2D eigenvalue weighted by molar-refractivity contribution is 7.80.